The van der Waals surface area contributed by atoms with Crippen LogP contribution in [0.2, 0.25) is 0 Å². The van der Waals surface area contributed by atoms with E-state index in [1.165, 1.54) is 19.3 Å². The lowest BCUT2D eigenvalue weighted by Gasteiger charge is -2.59. The number of carbonyl (C=O) groups excluding carboxylic acids is 1. The quantitative estimate of drug-likeness (QED) is 0.769. The topological polar surface area (TPSA) is 76.0 Å². The number of carbonyl (C=O) groups is 2. The molecule has 144 valence electrons. The maximum absolute atomic E-state index is 12.0. The van der Waals surface area contributed by atoms with Crippen molar-refractivity contribution in [2.45, 2.75) is 71.6 Å². The highest BCUT2D eigenvalue weighted by molar-refractivity contribution is 5.92. The first-order valence-electron chi connectivity index (χ1n) is 10.3. The summed E-state index contributed by atoms with van der Waals surface area (Å²) in [6.45, 7) is 4.43. The van der Waals surface area contributed by atoms with Crippen LogP contribution in [-0.4, -0.2) is 29.2 Å². The summed E-state index contributed by atoms with van der Waals surface area (Å²) in [6.07, 6.45) is 9.48. The predicted molar refractivity (Wildman–Crippen MR) is 97.8 cm³/mol. The van der Waals surface area contributed by atoms with Gasteiger partial charge in [-0.05, 0) is 74.0 Å². The third-order valence-electron chi connectivity index (χ3n) is 8.59. The number of hydrogen-bond acceptors (Lipinski definition) is 4. The van der Waals surface area contributed by atoms with Crippen LogP contribution >= 0.6 is 0 Å². The Hall–Kier alpha value is -1.39. The average molecular weight is 361 g/mol. The summed E-state index contributed by atoms with van der Waals surface area (Å²) in [7, 11) is 0. The minimum absolute atomic E-state index is 0.0629. The molecule has 4 saturated carbocycles. The van der Waals surface area contributed by atoms with E-state index in [0.717, 1.165) is 56.1 Å². The fourth-order valence-corrected chi connectivity index (χ4v) is 7.15. The Morgan fingerprint density at radius 3 is 2.73 bits per heavy atom. The third-order valence-corrected chi connectivity index (χ3v) is 8.59. The molecule has 0 saturated heterocycles. The van der Waals surface area contributed by atoms with Crippen molar-refractivity contribution in [3.8, 4) is 0 Å². The van der Waals surface area contributed by atoms with Crippen molar-refractivity contribution < 1.29 is 19.5 Å². The maximum Gasteiger partial charge on any atom is 0.344 e. The minimum Gasteiger partial charge on any atom is -0.479 e. The molecular weight excluding hydrogens is 330 g/mol. The summed E-state index contributed by atoms with van der Waals surface area (Å²) in [5.41, 5.74) is 1.47. The monoisotopic (exact) mass is 361 g/mol. The standard InChI is InChI=1S/C21H31NO4/c1-20-9-7-14(23)11-13(20)3-4-15-16-5-6-18(22-26-12-19(24)25)21(16,2)10-8-17(15)20/h13,15-17H,3-12H2,1-2H3,(H,24,25)/b22-18+/t13-,15-,16-,17-,20-,21-/m0/s1. The second kappa shape index (κ2) is 6.35. The molecule has 4 fully saturated rings. The molecule has 0 aromatic carbocycles. The summed E-state index contributed by atoms with van der Waals surface area (Å²) in [4.78, 5) is 27.8. The van der Waals surface area contributed by atoms with E-state index in [1.807, 2.05) is 0 Å². The van der Waals surface area contributed by atoms with Crippen LogP contribution in [0.25, 0.3) is 0 Å². The van der Waals surface area contributed by atoms with E-state index in [1.54, 1.807) is 0 Å². The molecule has 0 aromatic heterocycles. The van der Waals surface area contributed by atoms with Crippen LogP contribution < -0.4 is 0 Å². The van der Waals surface area contributed by atoms with Gasteiger partial charge in [0.2, 0.25) is 6.61 Å². The lowest BCUT2D eigenvalue weighted by atomic mass is 9.45. The zero-order chi connectivity index (χ0) is 18.5. The summed E-state index contributed by atoms with van der Waals surface area (Å²) >= 11 is 0. The number of Topliss-reactive ketones (excluding diaryl/α,β-unsaturated/α-hetero) is 1. The van der Waals surface area contributed by atoms with E-state index in [0.29, 0.717) is 23.0 Å². The third kappa shape index (κ3) is 2.69. The van der Waals surface area contributed by atoms with Gasteiger partial charge in [0.25, 0.3) is 0 Å². The second-order valence-corrected chi connectivity index (χ2v) is 9.60. The van der Waals surface area contributed by atoms with Crippen LogP contribution in [0.4, 0.5) is 0 Å². The Morgan fingerprint density at radius 1 is 1.15 bits per heavy atom. The maximum atomic E-state index is 12.0. The van der Waals surface area contributed by atoms with Gasteiger partial charge in [0.1, 0.15) is 5.78 Å². The molecule has 0 spiro atoms. The largest absolute Gasteiger partial charge is 0.479 e. The fourth-order valence-electron chi connectivity index (χ4n) is 7.15. The number of rotatable bonds is 3. The van der Waals surface area contributed by atoms with Crippen LogP contribution in [0.3, 0.4) is 0 Å². The Kier molecular flexibility index (Phi) is 4.39. The molecule has 4 aliphatic carbocycles. The van der Waals surface area contributed by atoms with Gasteiger partial charge in [0, 0.05) is 18.3 Å². The van der Waals surface area contributed by atoms with Crippen molar-refractivity contribution in [1.29, 1.82) is 0 Å². The van der Waals surface area contributed by atoms with Crippen LogP contribution in [-0.2, 0) is 14.4 Å². The molecule has 4 aliphatic rings. The number of fused-ring (bicyclic) bond motifs is 5. The van der Waals surface area contributed by atoms with Gasteiger partial charge in [0.15, 0.2) is 0 Å². The van der Waals surface area contributed by atoms with Crippen LogP contribution in [0.1, 0.15) is 71.6 Å². The number of hydrogen-bond donors (Lipinski definition) is 1. The molecule has 5 heteroatoms. The summed E-state index contributed by atoms with van der Waals surface area (Å²) in [6, 6.07) is 0. The van der Waals surface area contributed by atoms with Crippen molar-refractivity contribution in [3.63, 3.8) is 0 Å². The summed E-state index contributed by atoms with van der Waals surface area (Å²) in [5.74, 6) is 2.15. The molecule has 0 bridgehead atoms. The van der Waals surface area contributed by atoms with Crippen molar-refractivity contribution in [2.75, 3.05) is 6.61 Å². The van der Waals surface area contributed by atoms with E-state index in [4.69, 9.17) is 9.94 Å². The summed E-state index contributed by atoms with van der Waals surface area (Å²) in [5, 5.41) is 13.0. The molecular formula is C21H31NO4. The van der Waals surface area contributed by atoms with E-state index in [-0.39, 0.29) is 12.0 Å². The molecule has 26 heavy (non-hydrogen) atoms. The van der Waals surface area contributed by atoms with E-state index in [9.17, 15) is 9.59 Å². The normalized spacial score (nSPS) is 46.4. The van der Waals surface area contributed by atoms with Crippen molar-refractivity contribution in [2.24, 2.45) is 39.7 Å². The Labute approximate surface area is 155 Å². The fraction of sp³-hybridized carbons (Fsp3) is 0.857. The molecule has 0 unspecified atom stereocenters. The van der Waals surface area contributed by atoms with Gasteiger partial charge in [-0.1, -0.05) is 19.0 Å². The molecule has 0 amide bonds. The molecule has 4 rings (SSSR count). The van der Waals surface area contributed by atoms with Crippen LogP contribution in [0.15, 0.2) is 5.16 Å². The highest BCUT2D eigenvalue weighted by Crippen LogP contribution is 2.65. The predicted octanol–water partition coefficient (Wildman–Crippen LogP) is 4.06. The van der Waals surface area contributed by atoms with Gasteiger partial charge in [-0.15, -0.1) is 0 Å². The molecule has 0 aromatic rings. The first-order valence-corrected chi connectivity index (χ1v) is 10.3. The number of carboxylic acids is 1. The Bertz CT molecular complexity index is 644. The molecule has 0 radical (unpaired) electrons. The van der Waals surface area contributed by atoms with Crippen molar-refractivity contribution in [3.05, 3.63) is 0 Å². The van der Waals surface area contributed by atoms with Gasteiger partial charge >= 0.3 is 5.97 Å². The van der Waals surface area contributed by atoms with E-state index in [2.05, 4.69) is 19.0 Å². The molecule has 0 heterocycles. The highest BCUT2D eigenvalue weighted by atomic mass is 16.6. The van der Waals surface area contributed by atoms with Gasteiger partial charge in [-0.2, -0.15) is 0 Å². The molecule has 6 atom stereocenters. The number of aliphatic carboxylic acids is 1. The van der Waals surface area contributed by atoms with Gasteiger partial charge in [0.05, 0.1) is 5.71 Å². The zero-order valence-corrected chi connectivity index (χ0v) is 16.0. The minimum atomic E-state index is -0.976. The first-order chi connectivity index (χ1) is 12.3. The van der Waals surface area contributed by atoms with E-state index < -0.39 is 5.97 Å². The van der Waals surface area contributed by atoms with Crippen molar-refractivity contribution >= 4 is 17.5 Å². The Balaban J connectivity index is 1.54. The number of carboxylic acid groups (broad SMARTS) is 1. The van der Waals surface area contributed by atoms with Gasteiger partial charge in [-0.3, -0.25) is 4.79 Å². The SMILES string of the molecule is C[C@]12CCC(=O)C[C@@H]1CC[C@@H]1[C@@H]2CC[C@]2(C)/C(=N/OCC(=O)O)CC[C@@H]12. The number of oxime groups is 1. The lowest BCUT2D eigenvalue weighted by Crippen LogP contribution is -2.53. The summed E-state index contributed by atoms with van der Waals surface area (Å²) < 4.78 is 0. The average Bonchev–Trinajstić information content (AvgIpc) is 2.92. The highest BCUT2D eigenvalue weighted by Gasteiger charge is 2.59. The van der Waals surface area contributed by atoms with Gasteiger partial charge in [-0.25, -0.2) is 4.79 Å². The van der Waals surface area contributed by atoms with Gasteiger partial charge < -0.3 is 9.94 Å². The Morgan fingerprint density at radius 2 is 1.96 bits per heavy atom. The molecule has 0 aliphatic heterocycles. The zero-order valence-electron chi connectivity index (χ0n) is 16.0. The molecule has 1 N–H and O–H groups in total. The number of ketones is 1. The first kappa shape index (κ1) is 18.0. The number of nitrogens with zero attached hydrogens (tertiary/aromatic N) is 1. The van der Waals surface area contributed by atoms with Crippen molar-refractivity contribution in [1.82, 2.24) is 0 Å². The van der Waals surface area contributed by atoms with E-state index >= 15 is 0 Å². The lowest BCUT2D eigenvalue weighted by molar-refractivity contribution is -0.142. The van der Waals surface area contributed by atoms with Crippen LogP contribution in [0, 0.1) is 34.5 Å². The molecule has 5 nitrogen and oxygen atoms in total. The smallest absolute Gasteiger partial charge is 0.344 e. The van der Waals surface area contributed by atoms with Crippen LogP contribution in [0.5, 0.6) is 0 Å². The second-order valence-electron chi connectivity index (χ2n) is 9.60.